The van der Waals surface area contributed by atoms with Crippen LogP contribution in [0.25, 0.3) is 10.8 Å². The summed E-state index contributed by atoms with van der Waals surface area (Å²) in [5.74, 6) is -0.222. The Balaban J connectivity index is 2.45. The Labute approximate surface area is 97.5 Å². The van der Waals surface area contributed by atoms with Crippen LogP contribution in [0.3, 0.4) is 0 Å². The van der Waals surface area contributed by atoms with E-state index in [0.29, 0.717) is 0 Å². The first-order valence-corrected chi connectivity index (χ1v) is 5.52. The molecule has 2 aromatic rings. The monoisotopic (exact) mass is 238 g/mol. The molecule has 0 aliphatic rings. The average molecular weight is 238 g/mol. The third-order valence-corrected chi connectivity index (χ3v) is 3.11. The van der Waals surface area contributed by atoms with Gasteiger partial charge in [0.25, 0.3) is 0 Å². The molecule has 2 nitrogen and oxygen atoms in total. The molecule has 0 heterocycles. The van der Waals surface area contributed by atoms with E-state index in [4.69, 9.17) is 4.33 Å². The number of hydrogen-bond acceptors (Lipinski definition) is 3. The normalized spacial score (nSPS) is 10.9. The molecule has 0 bridgehead atoms. The smallest absolute Gasteiger partial charge is 0.123 e. The van der Waals surface area contributed by atoms with Crippen LogP contribution < -0.4 is 0 Å². The van der Waals surface area contributed by atoms with Gasteiger partial charge in [0.05, 0.1) is 19.2 Å². The molecule has 0 radical (unpaired) electrons. The molecule has 0 unspecified atom stereocenters. The lowest BCUT2D eigenvalue weighted by molar-refractivity contribution is -0.160. The average Bonchev–Trinajstić information content (AvgIpc) is 2.26. The van der Waals surface area contributed by atoms with Crippen LogP contribution in [0.5, 0.6) is 0 Å². The highest BCUT2D eigenvalue weighted by molar-refractivity contribution is 7.94. The van der Waals surface area contributed by atoms with E-state index in [2.05, 4.69) is 4.89 Å². The standard InChI is InChI=1S/C12H11FO2S/c1-8-5-10-6-11(13)4-3-9(10)7-12(8)16-15-14-2/h3-7H,1-2H3. The van der Waals surface area contributed by atoms with E-state index in [1.165, 1.54) is 19.2 Å². The van der Waals surface area contributed by atoms with Crippen molar-refractivity contribution in [3.63, 3.8) is 0 Å². The first kappa shape index (κ1) is 11.4. The maximum absolute atomic E-state index is 13.0. The van der Waals surface area contributed by atoms with Gasteiger partial charge >= 0.3 is 0 Å². The molecule has 0 saturated heterocycles. The molecule has 0 spiro atoms. The van der Waals surface area contributed by atoms with Crippen molar-refractivity contribution < 1.29 is 13.6 Å². The van der Waals surface area contributed by atoms with Crippen molar-refractivity contribution in [1.29, 1.82) is 0 Å². The molecule has 0 aliphatic carbocycles. The van der Waals surface area contributed by atoms with Crippen LogP contribution in [0.2, 0.25) is 0 Å². The van der Waals surface area contributed by atoms with E-state index >= 15 is 0 Å². The molecule has 0 atom stereocenters. The molecule has 4 heteroatoms. The summed E-state index contributed by atoms with van der Waals surface area (Å²) < 4.78 is 17.8. The summed E-state index contributed by atoms with van der Waals surface area (Å²) in [6.07, 6.45) is 0. The summed E-state index contributed by atoms with van der Waals surface area (Å²) >= 11 is 1.15. The second-order valence-corrected chi connectivity index (χ2v) is 4.17. The molecule has 0 aliphatic heterocycles. The van der Waals surface area contributed by atoms with E-state index in [9.17, 15) is 4.39 Å². The third-order valence-electron chi connectivity index (χ3n) is 2.29. The lowest BCUT2D eigenvalue weighted by Gasteiger charge is -2.06. The van der Waals surface area contributed by atoms with Crippen molar-refractivity contribution >= 4 is 22.8 Å². The Morgan fingerprint density at radius 2 is 1.94 bits per heavy atom. The lowest BCUT2D eigenvalue weighted by atomic mass is 10.1. The van der Waals surface area contributed by atoms with Crippen molar-refractivity contribution in [2.75, 3.05) is 7.11 Å². The highest BCUT2D eigenvalue weighted by Gasteiger charge is 2.04. The van der Waals surface area contributed by atoms with Crippen molar-refractivity contribution in [3.05, 3.63) is 41.7 Å². The van der Waals surface area contributed by atoms with Crippen molar-refractivity contribution in [3.8, 4) is 0 Å². The van der Waals surface area contributed by atoms with Gasteiger partial charge in [-0.05, 0) is 41.5 Å². The predicted molar refractivity (Wildman–Crippen MR) is 62.6 cm³/mol. The second kappa shape index (κ2) is 4.82. The number of aryl methyl sites for hydroxylation is 1. The van der Waals surface area contributed by atoms with Crippen LogP contribution in [0.15, 0.2) is 35.2 Å². The SMILES string of the molecule is COOSc1cc2ccc(F)cc2cc1C. The largest absolute Gasteiger partial charge is 0.227 e. The minimum Gasteiger partial charge on any atom is -0.227 e. The van der Waals surface area contributed by atoms with Gasteiger partial charge in [-0.2, -0.15) is 4.33 Å². The zero-order valence-electron chi connectivity index (χ0n) is 8.99. The van der Waals surface area contributed by atoms with Crippen LogP contribution in [0, 0.1) is 12.7 Å². The summed E-state index contributed by atoms with van der Waals surface area (Å²) in [6, 6.07) is 8.60. The number of fused-ring (bicyclic) bond motifs is 1. The number of halogens is 1. The quantitative estimate of drug-likeness (QED) is 0.459. The van der Waals surface area contributed by atoms with Crippen molar-refractivity contribution in [2.45, 2.75) is 11.8 Å². The molecule has 2 aromatic carbocycles. The highest BCUT2D eigenvalue weighted by Crippen LogP contribution is 2.28. The maximum Gasteiger partial charge on any atom is 0.123 e. The van der Waals surface area contributed by atoms with Gasteiger partial charge < -0.3 is 0 Å². The third kappa shape index (κ3) is 2.35. The Hall–Kier alpha value is -1.10. The van der Waals surface area contributed by atoms with E-state index < -0.39 is 0 Å². The minimum absolute atomic E-state index is 0.222. The Morgan fingerprint density at radius 3 is 2.69 bits per heavy atom. The molecule has 0 aromatic heterocycles. The molecule has 0 fully saturated rings. The Kier molecular flexibility index (Phi) is 3.43. The zero-order valence-corrected chi connectivity index (χ0v) is 9.81. The first-order chi connectivity index (χ1) is 7.70. The van der Waals surface area contributed by atoms with Crippen LogP contribution in [-0.4, -0.2) is 7.11 Å². The molecule has 0 saturated carbocycles. The Morgan fingerprint density at radius 1 is 1.12 bits per heavy atom. The molecule has 0 N–H and O–H groups in total. The molecular weight excluding hydrogens is 227 g/mol. The van der Waals surface area contributed by atoms with Crippen LogP contribution in [-0.2, 0) is 9.22 Å². The van der Waals surface area contributed by atoms with Gasteiger partial charge in [-0.25, -0.2) is 9.28 Å². The van der Waals surface area contributed by atoms with Gasteiger partial charge in [0.15, 0.2) is 0 Å². The summed E-state index contributed by atoms with van der Waals surface area (Å²) in [4.78, 5) is 5.49. The van der Waals surface area contributed by atoms with E-state index in [-0.39, 0.29) is 5.82 Å². The van der Waals surface area contributed by atoms with Gasteiger partial charge in [-0.3, -0.25) is 0 Å². The van der Waals surface area contributed by atoms with Crippen LogP contribution in [0.4, 0.5) is 4.39 Å². The zero-order chi connectivity index (χ0) is 11.5. The minimum atomic E-state index is -0.222. The number of rotatable bonds is 3. The summed E-state index contributed by atoms with van der Waals surface area (Å²) in [5.41, 5.74) is 1.03. The lowest BCUT2D eigenvalue weighted by Crippen LogP contribution is -1.85. The van der Waals surface area contributed by atoms with Gasteiger partial charge in [0.2, 0.25) is 0 Å². The fourth-order valence-corrected chi connectivity index (χ4v) is 2.03. The maximum atomic E-state index is 13.0. The molecule has 2 rings (SSSR count). The van der Waals surface area contributed by atoms with E-state index in [1.54, 1.807) is 6.07 Å². The summed E-state index contributed by atoms with van der Waals surface area (Å²) in [6.45, 7) is 1.95. The van der Waals surface area contributed by atoms with E-state index in [0.717, 1.165) is 33.3 Å². The molecule has 0 amide bonds. The van der Waals surface area contributed by atoms with Crippen LogP contribution >= 0.6 is 12.0 Å². The first-order valence-electron chi connectivity index (χ1n) is 4.78. The second-order valence-electron chi connectivity index (χ2n) is 3.43. The van der Waals surface area contributed by atoms with Gasteiger partial charge in [-0.15, -0.1) is 0 Å². The van der Waals surface area contributed by atoms with Gasteiger partial charge in [0.1, 0.15) is 5.82 Å². The predicted octanol–water partition coefficient (Wildman–Crippen LogP) is 3.87. The fourth-order valence-electron chi connectivity index (χ4n) is 1.52. The van der Waals surface area contributed by atoms with Gasteiger partial charge in [0, 0.05) is 4.90 Å². The molecular formula is C12H11FO2S. The van der Waals surface area contributed by atoms with Crippen molar-refractivity contribution in [2.24, 2.45) is 0 Å². The number of hydrogen-bond donors (Lipinski definition) is 0. The molecule has 16 heavy (non-hydrogen) atoms. The van der Waals surface area contributed by atoms with Crippen LogP contribution in [0.1, 0.15) is 5.56 Å². The molecule has 84 valence electrons. The van der Waals surface area contributed by atoms with Gasteiger partial charge in [-0.1, -0.05) is 12.1 Å². The summed E-state index contributed by atoms with van der Waals surface area (Å²) in [7, 11) is 1.46. The van der Waals surface area contributed by atoms with Crippen molar-refractivity contribution in [1.82, 2.24) is 0 Å². The van der Waals surface area contributed by atoms with E-state index in [1.807, 2.05) is 19.1 Å². The number of benzene rings is 2. The fraction of sp³-hybridized carbons (Fsp3) is 0.167. The topological polar surface area (TPSA) is 18.5 Å². The summed E-state index contributed by atoms with van der Waals surface area (Å²) in [5, 5.41) is 1.87. The Bertz CT molecular complexity index is 514. The highest BCUT2D eigenvalue weighted by atomic mass is 32.2.